The number of benzene rings is 2. The van der Waals surface area contributed by atoms with E-state index in [9.17, 15) is 9.59 Å². The molecule has 0 atom stereocenters. The molecule has 7 nitrogen and oxygen atoms in total. The first-order valence-corrected chi connectivity index (χ1v) is 10.1. The van der Waals surface area contributed by atoms with Gasteiger partial charge in [-0.05, 0) is 49.2 Å². The molecule has 0 saturated carbocycles. The first kappa shape index (κ1) is 22.9. The fourth-order valence-corrected chi connectivity index (χ4v) is 3.62. The fourth-order valence-electron chi connectivity index (χ4n) is 3.62. The van der Waals surface area contributed by atoms with Gasteiger partial charge in [0.15, 0.2) is 0 Å². The maximum absolute atomic E-state index is 13.3. The predicted octanol–water partition coefficient (Wildman–Crippen LogP) is 3.63. The van der Waals surface area contributed by atoms with E-state index in [4.69, 9.17) is 18.9 Å². The Morgan fingerprint density at radius 1 is 0.938 bits per heavy atom. The molecule has 1 heterocycles. The summed E-state index contributed by atoms with van der Waals surface area (Å²) in [6.45, 7) is 2.18. The van der Waals surface area contributed by atoms with Gasteiger partial charge in [-0.2, -0.15) is 0 Å². The SMILES string of the molecule is COC(=O)C1=C(C)N(CCc2ccc(OC)cc2)C(=O)C1=Cc1ccc(OC)cc1OC. The molecule has 0 unspecified atom stereocenters. The van der Waals surface area contributed by atoms with Gasteiger partial charge in [0.2, 0.25) is 0 Å². The summed E-state index contributed by atoms with van der Waals surface area (Å²) in [7, 11) is 6.02. The van der Waals surface area contributed by atoms with Crippen LogP contribution in [0.4, 0.5) is 0 Å². The maximum Gasteiger partial charge on any atom is 0.340 e. The van der Waals surface area contributed by atoms with Crippen molar-refractivity contribution in [1.82, 2.24) is 4.90 Å². The van der Waals surface area contributed by atoms with Crippen LogP contribution in [-0.2, 0) is 20.7 Å². The average molecular weight is 437 g/mol. The Hall–Kier alpha value is -3.74. The molecule has 1 amide bonds. The number of hydrogen-bond donors (Lipinski definition) is 0. The van der Waals surface area contributed by atoms with Crippen molar-refractivity contribution in [2.75, 3.05) is 35.0 Å². The summed E-state index contributed by atoms with van der Waals surface area (Å²) in [5.74, 6) is 1.12. The van der Waals surface area contributed by atoms with Gasteiger partial charge in [0.05, 0.1) is 39.6 Å². The summed E-state index contributed by atoms with van der Waals surface area (Å²) >= 11 is 0. The maximum atomic E-state index is 13.3. The van der Waals surface area contributed by atoms with Crippen LogP contribution < -0.4 is 14.2 Å². The van der Waals surface area contributed by atoms with Gasteiger partial charge in [-0.15, -0.1) is 0 Å². The molecule has 0 fully saturated rings. The van der Waals surface area contributed by atoms with Crippen molar-refractivity contribution in [3.63, 3.8) is 0 Å². The van der Waals surface area contributed by atoms with Crippen LogP contribution in [0.5, 0.6) is 17.2 Å². The normalized spacial score (nSPS) is 14.7. The molecule has 0 aliphatic carbocycles. The van der Waals surface area contributed by atoms with Crippen LogP contribution in [0.15, 0.2) is 59.3 Å². The minimum Gasteiger partial charge on any atom is -0.497 e. The summed E-state index contributed by atoms with van der Waals surface area (Å²) in [4.78, 5) is 27.5. The number of ether oxygens (including phenoxy) is 4. The largest absolute Gasteiger partial charge is 0.497 e. The zero-order valence-electron chi connectivity index (χ0n) is 18.9. The smallest absolute Gasteiger partial charge is 0.340 e. The molecule has 0 bridgehead atoms. The molecule has 3 rings (SSSR count). The molecular formula is C25H27NO6. The van der Waals surface area contributed by atoms with Gasteiger partial charge < -0.3 is 23.8 Å². The first-order chi connectivity index (χ1) is 15.4. The van der Waals surface area contributed by atoms with Crippen molar-refractivity contribution < 1.29 is 28.5 Å². The number of amides is 1. The van der Waals surface area contributed by atoms with E-state index in [1.807, 2.05) is 24.3 Å². The number of hydrogen-bond acceptors (Lipinski definition) is 6. The summed E-state index contributed by atoms with van der Waals surface area (Å²) < 4.78 is 20.8. The Bertz CT molecular complexity index is 1070. The lowest BCUT2D eigenvalue weighted by Gasteiger charge is -2.18. The molecule has 0 aromatic heterocycles. The summed E-state index contributed by atoms with van der Waals surface area (Å²) in [6, 6.07) is 12.9. The van der Waals surface area contributed by atoms with Crippen molar-refractivity contribution in [2.45, 2.75) is 13.3 Å². The lowest BCUT2D eigenvalue weighted by atomic mass is 10.0. The van der Waals surface area contributed by atoms with Gasteiger partial charge in [-0.1, -0.05) is 12.1 Å². The second-order valence-electron chi connectivity index (χ2n) is 7.17. The van der Waals surface area contributed by atoms with Crippen LogP contribution in [0.2, 0.25) is 0 Å². The molecule has 2 aromatic carbocycles. The minimum absolute atomic E-state index is 0.255. The van der Waals surface area contributed by atoms with E-state index < -0.39 is 5.97 Å². The summed E-state index contributed by atoms with van der Waals surface area (Å²) in [5.41, 5.74) is 2.80. The lowest BCUT2D eigenvalue weighted by molar-refractivity contribution is -0.136. The van der Waals surface area contributed by atoms with Gasteiger partial charge >= 0.3 is 5.97 Å². The van der Waals surface area contributed by atoms with Crippen LogP contribution >= 0.6 is 0 Å². The standard InChI is InChI=1S/C25H27NO6/c1-16-23(25(28)32-5)21(14-18-8-11-20(30-3)15-22(18)31-4)24(27)26(16)13-12-17-6-9-19(29-2)10-7-17/h6-11,14-15H,12-13H2,1-5H3. The van der Waals surface area contributed by atoms with Gasteiger partial charge in [-0.25, -0.2) is 4.79 Å². The zero-order chi connectivity index (χ0) is 23.3. The molecule has 0 radical (unpaired) electrons. The Kier molecular flexibility index (Phi) is 7.20. The molecule has 7 heteroatoms. The number of carbonyl (C=O) groups is 2. The van der Waals surface area contributed by atoms with E-state index in [1.165, 1.54) is 14.2 Å². The Labute approximate surface area is 187 Å². The van der Waals surface area contributed by atoms with Gasteiger partial charge in [0.25, 0.3) is 5.91 Å². The van der Waals surface area contributed by atoms with Crippen LogP contribution in [0.3, 0.4) is 0 Å². The number of nitrogens with zero attached hydrogens (tertiary/aromatic N) is 1. The van der Waals surface area contributed by atoms with Gasteiger partial charge in [-0.3, -0.25) is 4.79 Å². The summed E-state index contributed by atoms with van der Waals surface area (Å²) in [5, 5.41) is 0. The molecule has 0 spiro atoms. The van der Waals surface area contributed by atoms with Crippen molar-refractivity contribution in [1.29, 1.82) is 0 Å². The first-order valence-electron chi connectivity index (χ1n) is 10.1. The third-order valence-electron chi connectivity index (χ3n) is 5.42. The van der Waals surface area contributed by atoms with E-state index in [0.717, 1.165) is 11.3 Å². The number of rotatable bonds is 8. The molecular weight excluding hydrogens is 410 g/mol. The number of methoxy groups -OCH3 is 4. The van der Waals surface area contributed by atoms with Crippen molar-refractivity contribution in [3.05, 3.63) is 70.4 Å². The second-order valence-corrected chi connectivity index (χ2v) is 7.17. The minimum atomic E-state index is -0.554. The van der Waals surface area contributed by atoms with E-state index in [2.05, 4.69) is 0 Å². The molecule has 1 aliphatic rings. The average Bonchev–Trinajstić information content (AvgIpc) is 3.06. The van der Waals surface area contributed by atoms with Gasteiger partial charge in [0.1, 0.15) is 17.2 Å². The van der Waals surface area contributed by atoms with Crippen molar-refractivity contribution >= 4 is 18.0 Å². The van der Waals surface area contributed by atoms with Gasteiger partial charge in [0, 0.05) is 23.9 Å². The Morgan fingerprint density at radius 3 is 2.19 bits per heavy atom. The molecule has 32 heavy (non-hydrogen) atoms. The molecule has 1 aliphatic heterocycles. The number of carbonyl (C=O) groups excluding carboxylic acids is 2. The van der Waals surface area contributed by atoms with Crippen molar-refractivity contribution in [3.8, 4) is 17.2 Å². The highest BCUT2D eigenvalue weighted by atomic mass is 16.5. The number of esters is 1. The number of allylic oxidation sites excluding steroid dienone is 1. The predicted molar refractivity (Wildman–Crippen MR) is 121 cm³/mol. The van der Waals surface area contributed by atoms with E-state index in [1.54, 1.807) is 50.3 Å². The topological polar surface area (TPSA) is 74.3 Å². The van der Waals surface area contributed by atoms with E-state index >= 15 is 0 Å². The monoisotopic (exact) mass is 437 g/mol. The van der Waals surface area contributed by atoms with Crippen LogP contribution in [0.25, 0.3) is 6.08 Å². The molecule has 0 saturated heterocycles. The molecule has 168 valence electrons. The van der Waals surface area contributed by atoms with Crippen LogP contribution in [-0.4, -0.2) is 51.8 Å². The third-order valence-corrected chi connectivity index (χ3v) is 5.42. The highest BCUT2D eigenvalue weighted by Gasteiger charge is 2.36. The Balaban J connectivity index is 1.93. The van der Waals surface area contributed by atoms with E-state index in [0.29, 0.717) is 35.7 Å². The lowest BCUT2D eigenvalue weighted by Crippen LogP contribution is -2.27. The van der Waals surface area contributed by atoms with Crippen LogP contribution in [0, 0.1) is 0 Å². The highest BCUT2D eigenvalue weighted by molar-refractivity contribution is 6.16. The Morgan fingerprint density at radius 2 is 1.59 bits per heavy atom. The quantitative estimate of drug-likeness (QED) is 0.464. The van der Waals surface area contributed by atoms with E-state index in [-0.39, 0.29) is 17.1 Å². The molecule has 0 N–H and O–H groups in total. The molecule has 2 aromatic rings. The summed E-state index contributed by atoms with van der Waals surface area (Å²) in [6.07, 6.45) is 2.28. The third kappa shape index (κ3) is 4.61. The van der Waals surface area contributed by atoms with Crippen molar-refractivity contribution in [2.24, 2.45) is 0 Å². The zero-order valence-corrected chi connectivity index (χ0v) is 18.9. The highest BCUT2D eigenvalue weighted by Crippen LogP contribution is 2.34. The fraction of sp³-hybridized carbons (Fsp3) is 0.280. The van der Waals surface area contributed by atoms with Crippen LogP contribution in [0.1, 0.15) is 18.1 Å². The second kappa shape index (κ2) is 10.0.